The van der Waals surface area contributed by atoms with Crippen LogP contribution in [-0.2, 0) is 0 Å². The minimum absolute atomic E-state index is 0.0720. The molecular weight excluding hydrogens is 154 g/mol. The van der Waals surface area contributed by atoms with Gasteiger partial charge < -0.3 is 15.5 Å². The van der Waals surface area contributed by atoms with Crippen molar-refractivity contribution in [2.45, 2.75) is 45.2 Å². The average Bonchev–Trinajstić information content (AvgIpc) is 2.04. The Morgan fingerprint density at radius 2 is 1.58 bits per heavy atom. The molecule has 3 nitrogen and oxygen atoms in total. The fraction of sp³-hybridized carbons (Fsp3) is 1.00. The van der Waals surface area contributed by atoms with Crippen molar-refractivity contribution in [3.05, 3.63) is 0 Å². The van der Waals surface area contributed by atoms with Crippen LogP contribution in [0.5, 0.6) is 0 Å². The first-order valence-corrected chi connectivity index (χ1v) is 4.40. The van der Waals surface area contributed by atoms with Gasteiger partial charge in [0.2, 0.25) is 0 Å². The first kappa shape index (κ1) is 11.9. The highest BCUT2D eigenvalue weighted by Gasteiger charge is 2.28. The van der Waals surface area contributed by atoms with Gasteiger partial charge in [0.05, 0.1) is 13.2 Å². The Kier molecular flexibility index (Phi) is 4.17. The van der Waals surface area contributed by atoms with E-state index in [1.807, 2.05) is 27.7 Å². The first-order chi connectivity index (χ1) is 5.39. The molecule has 0 aromatic rings. The van der Waals surface area contributed by atoms with E-state index in [0.29, 0.717) is 0 Å². The molecule has 0 fully saturated rings. The van der Waals surface area contributed by atoms with Crippen LogP contribution in [-0.4, -0.2) is 34.5 Å². The van der Waals surface area contributed by atoms with Crippen LogP contribution in [0.1, 0.15) is 34.1 Å². The molecule has 0 aromatic carbocycles. The summed E-state index contributed by atoms with van der Waals surface area (Å²) in [7, 11) is 0. The van der Waals surface area contributed by atoms with E-state index in [-0.39, 0.29) is 24.3 Å². The lowest BCUT2D eigenvalue weighted by molar-refractivity contribution is 0.101. The predicted octanol–water partition coefficient (Wildman–Crippen LogP) is 0.508. The van der Waals surface area contributed by atoms with Gasteiger partial charge in [-0.1, -0.05) is 6.92 Å². The number of hydrogen-bond donors (Lipinski definition) is 3. The minimum atomic E-state index is -0.326. The first-order valence-electron chi connectivity index (χ1n) is 4.40. The lowest BCUT2D eigenvalue weighted by Crippen LogP contribution is -2.57. The van der Waals surface area contributed by atoms with Gasteiger partial charge in [0, 0.05) is 11.1 Å². The van der Waals surface area contributed by atoms with E-state index >= 15 is 0 Å². The summed E-state index contributed by atoms with van der Waals surface area (Å²) in [6.45, 7) is 7.95. The predicted molar refractivity (Wildman–Crippen MR) is 50.1 cm³/mol. The van der Waals surface area contributed by atoms with Crippen molar-refractivity contribution in [1.29, 1.82) is 0 Å². The molecule has 12 heavy (non-hydrogen) atoms. The van der Waals surface area contributed by atoms with Crippen LogP contribution in [0.2, 0.25) is 0 Å². The molecule has 0 aliphatic rings. The Bertz CT molecular complexity index is 130. The van der Waals surface area contributed by atoms with Gasteiger partial charge in [-0.15, -0.1) is 0 Å². The molecule has 3 N–H and O–H groups in total. The molecule has 0 amide bonds. The molecule has 0 aliphatic heterocycles. The lowest BCUT2D eigenvalue weighted by Gasteiger charge is -2.36. The minimum Gasteiger partial charge on any atom is -0.394 e. The molecule has 0 bridgehead atoms. The van der Waals surface area contributed by atoms with Crippen LogP contribution in [0.15, 0.2) is 0 Å². The van der Waals surface area contributed by atoms with Gasteiger partial charge in [0.25, 0.3) is 0 Å². The standard InChI is InChI=1S/C9H21NO2/c1-5-9(4,7-12)10-8(2,3)6-11/h10-12H,5-7H2,1-4H3. The van der Waals surface area contributed by atoms with Crippen LogP contribution in [0.4, 0.5) is 0 Å². The molecule has 0 aromatic heterocycles. The van der Waals surface area contributed by atoms with Crippen LogP contribution >= 0.6 is 0 Å². The topological polar surface area (TPSA) is 52.5 Å². The van der Waals surface area contributed by atoms with Gasteiger partial charge in [-0.05, 0) is 27.2 Å². The van der Waals surface area contributed by atoms with E-state index in [9.17, 15) is 0 Å². The van der Waals surface area contributed by atoms with E-state index in [2.05, 4.69) is 5.32 Å². The summed E-state index contributed by atoms with van der Waals surface area (Å²) in [5.74, 6) is 0. The highest BCUT2D eigenvalue weighted by atomic mass is 16.3. The Hall–Kier alpha value is -0.120. The van der Waals surface area contributed by atoms with Crippen LogP contribution < -0.4 is 5.32 Å². The number of aliphatic hydroxyl groups is 2. The van der Waals surface area contributed by atoms with Crippen molar-refractivity contribution in [2.75, 3.05) is 13.2 Å². The van der Waals surface area contributed by atoms with Crippen molar-refractivity contribution in [1.82, 2.24) is 5.32 Å². The third-order valence-corrected chi connectivity index (χ3v) is 2.16. The highest BCUT2D eigenvalue weighted by Crippen LogP contribution is 2.13. The van der Waals surface area contributed by atoms with E-state index in [0.717, 1.165) is 6.42 Å². The Morgan fingerprint density at radius 3 is 1.83 bits per heavy atom. The summed E-state index contributed by atoms with van der Waals surface area (Å²) >= 11 is 0. The zero-order valence-corrected chi connectivity index (χ0v) is 8.52. The van der Waals surface area contributed by atoms with Gasteiger partial charge in [0.1, 0.15) is 0 Å². The maximum absolute atomic E-state index is 9.10. The number of aliphatic hydroxyl groups excluding tert-OH is 2. The largest absolute Gasteiger partial charge is 0.394 e. The molecule has 0 saturated heterocycles. The molecule has 1 unspecified atom stereocenters. The molecule has 0 spiro atoms. The van der Waals surface area contributed by atoms with E-state index in [1.54, 1.807) is 0 Å². The van der Waals surface area contributed by atoms with Gasteiger partial charge in [-0.2, -0.15) is 0 Å². The molecular formula is C9H21NO2. The third-order valence-electron chi connectivity index (χ3n) is 2.16. The highest BCUT2D eigenvalue weighted by molar-refractivity contribution is 4.89. The van der Waals surface area contributed by atoms with Gasteiger partial charge in [-0.25, -0.2) is 0 Å². The van der Waals surface area contributed by atoms with Crippen molar-refractivity contribution in [3.8, 4) is 0 Å². The van der Waals surface area contributed by atoms with E-state index in [4.69, 9.17) is 10.2 Å². The van der Waals surface area contributed by atoms with Crippen molar-refractivity contribution >= 4 is 0 Å². The maximum Gasteiger partial charge on any atom is 0.0610 e. The molecule has 0 saturated carbocycles. The molecule has 0 radical (unpaired) electrons. The summed E-state index contributed by atoms with van der Waals surface area (Å²) < 4.78 is 0. The normalized spacial score (nSPS) is 17.5. The SMILES string of the molecule is CCC(C)(CO)NC(C)(C)CO. The molecule has 74 valence electrons. The van der Waals surface area contributed by atoms with Crippen LogP contribution in [0, 0.1) is 0 Å². The fourth-order valence-electron chi connectivity index (χ4n) is 1.10. The Morgan fingerprint density at radius 1 is 1.08 bits per heavy atom. The Balaban J connectivity index is 4.20. The second kappa shape index (κ2) is 4.21. The van der Waals surface area contributed by atoms with E-state index in [1.165, 1.54) is 0 Å². The average molecular weight is 175 g/mol. The second-order valence-electron chi connectivity index (χ2n) is 4.24. The summed E-state index contributed by atoms with van der Waals surface area (Å²) in [5, 5.41) is 21.3. The number of nitrogens with one attached hydrogen (secondary N) is 1. The monoisotopic (exact) mass is 175 g/mol. The third kappa shape index (κ3) is 3.52. The molecule has 0 heterocycles. The van der Waals surface area contributed by atoms with Gasteiger partial charge in [-0.3, -0.25) is 0 Å². The van der Waals surface area contributed by atoms with Crippen LogP contribution in [0.25, 0.3) is 0 Å². The number of rotatable bonds is 5. The molecule has 0 aliphatic carbocycles. The fourth-order valence-corrected chi connectivity index (χ4v) is 1.10. The molecule has 0 rings (SSSR count). The zero-order valence-electron chi connectivity index (χ0n) is 8.52. The number of hydrogen-bond acceptors (Lipinski definition) is 3. The van der Waals surface area contributed by atoms with Crippen molar-refractivity contribution < 1.29 is 10.2 Å². The summed E-state index contributed by atoms with van der Waals surface area (Å²) in [4.78, 5) is 0. The summed E-state index contributed by atoms with van der Waals surface area (Å²) in [5.41, 5.74) is -0.611. The maximum atomic E-state index is 9.10. The molecule has 1 atom stereocenters. The Labute approximate surface area is 74.8 Å². The van der Waals surface area contributed by atoms with Crippen molar-refractivity contribution in [3.63, 3.8) is 0 Å². The van der Waals surface area contributed by atoms with Gasteiger partial charge >= 0.3 is 0 Å². The van der Waals surface area contributed by atoms with Crippen molar-refractivity contribution in [2.24, 2.45) is 0 Å². The van der Waals surface area contributed by atoms with E-state index < -0.39 is 0 Å². The lowest BCUT2D eigenvalue weighted by atomic mass is 9.94. The smallest absolute Gasteiger partial charge is 0.0610 e. The van der Waals surface area contributed by atoms with Gasteiger partial charge in [0.15, 0.2) is 0 Å². The van der Waals surface area contributed by atoms with Crippen LogP contribution in [0.3, 0.4) is 0 Å². The zero-order chi connectivity index (χ0) is 9.83. The quantitative estimate of drug-likeness (QED) is 0.570. The summed E-state index contributed by atoms with van der Waals surface area (Å²) in [6, 6.07) is 0. The second-order valence-corrected chi connectivity index (χ2v) is 4.24. The summed E-state index contributed by atoms with van der Waals surface area (Å²) in [6.07, 6.45) is 0.840. The molecule has 3 heteroatoms.